The molecule has 1 atom stereocenters. The van der Waals surface area contributed by atoms with Gasteiger partial charge in [-0.25, -0.2) is 19.9 Å². The van der Waals surface area contributed by atoms with Crippen LogP contribution in [-0.2, 0) is 0 Å². The predicted molar refractivity (Wildman–Crippen MR) is 130 cm³/mol. The van der Waals surface area contributed by atoms with E-state index in [0.29, 0.717) is 38.8 Å². The number of amides is 1. The van der Waals surface area contributed by atoms with Crippen LogP contribution >= 0.6 is 11.6 Å². The minimum Gasteiger partial charge on any atom is -0.360 e. The van der Waals surface area contributed by atoms with E-state index in [4.69, 9.17) is 16.6 Å². The molecule has 5 aromatic rings. The molecule has 0 spiro atoms. The van der Waals surface area contributed by atoms with E-state index in [1.165, 1.54) is 6.33 Å². The van der Waals surface area contributed by atoms with E-state index in [2.05, 4.69) is 25.3 Å². The van der Waals surface area contributed by atoms with Gasteiger partial charge in [-0.15, -0.1) is 0 Å². The number of pyridine rings is 1. The second kappa shape index (κ2) is 8.48. The number of halogens is 1. The Kier molecular flexibility index (Phi) is 5.35. The number of imidazole rings is 1. The molecule has 2 N–H and O–H groups in total. The lowest BCUT2D eigenvalue weighted by Crippen LogP contribution is -2.28. The van der Waals surface area contributed by atoms with Crippen molar-refractivity contribution in [3.8, 4) is 0 Å². The third-order valence-corrected chi connectivity index (χ3v) is 5.81. The molecule has 0 fully saturated rings. The van der Waals surface area contributed by atoms with Gasteiger partial charge < -0.3 is 15.2 Å². The van der Waals surface area contributed by atoms with Crippen molar-refractivity contribution < 1.29 is 4.79 Å². The number of anilines is 2. The summed E-state index contributed by atoms with van der Waals surface area (Å²) >= 11 is 6.52. The molecule has 0 aliphatic heterocycles. The molecule has 164 valence electrons. The van der Waals surface area contributed by atoms with Crippen LogP contribution in [0.4, 0.5) is 11.5 Å². The zero-order chi connectivity index (χ0) is 22.9. The number of rotatable bonds is 5. The largest absolute Gasteiger partial charge is 0.360 e. The van der Waals surface area contributed by atoms with Crippen LogP contribution in [0.25, 0.3) is 21.9 Å². The number of benzene rings is 2. The highest BCUT2D eigenvalue weighted by Crippen LogP contribution is 2.31. The first-order valence-electron chi connectivity index (χ1n) is 10.4. The fourth-order valence-electron chi connectivity index (χ4n) is 3.74. The zero-order valence-electron chi connectivity index (χ0n) is 18.0. The first-order chi connectivity index (χ1) is 16.0. The smallest absolute Gasteiger partial charge is 0.277 e. The Bertz CT molecular complexity index is 1470. The van der Waals surface area contributed by atoms with E-state index in [1.54, 1.807) is 24.3 Å². The standard InChI is InChI=1S/C24H20ClN7O/c1-14(30-23-21-22(27-12-26-21)28-13-29-23)18-11-15-7-6-10-17(25)19(15)20(31-18)24(33)32(2)16-8-4-3-5-9-16/h3-14H,1-2H3,(H2,26,27,28,29,30)/t14-/m0/s1. The van der Waals surface area contributed by atoms with E-state index in [9.17, 15) is 4.79 Å². The summed E-state index contributed by atoms with van der Waals surface area (Å²) in [6.07, 6.45) is 3.04. The molecule has 5 rings (SSSR count). The van der Waals surface area contributed by atoms with Crippen molar-refractivity contribution in [2.24, 2.45) is 0 Å². The van der Waals surface area contributed by atoms with Gasteiger partial charge in [0.25, 0.3) is 5.91 Å². The van der Waals surface area contributed by atoms with Crippen molar-refractivity contribution in [2.75, 3.05) is 17.3 Å². The number of para-hydroxylation sites is 1. The first-order valence-corrected chi connectivity index (χ1v) is 10.7. The van der Waals surface area contributed by atoms with Crippen molar-refractivity contribution in [2.45, 2.75) is 13.0 Å². The third-order valence-electron chi connectivity index (χ3n) is 5.49. The summed E-state index contributed by atoms with van der Waals surface area (Å²) < 4.78 is 0. The van der Waals surface area contributed by atoms with Crippen molar-refractivity contribution in [1.29, 1.82) is 0 Å². The van der Waals surface area contributed by atoms with Crippen molar-refractivity contribution in [3.05, 3.63) is 83.7 Å². The number of hydrogen-bond acceptors (Lipinski definition) is 6. The van der Waals surface area contributed by atoms with Gasteiger partial charge in [0.15, 0.2) is 11.5 Å². The summed E-state index contributed by atoms with van der Waals surface area (Å²) in [5.41, 5.74) is 3.01. The van der Waals surface area contributed by atoms with E-state index in [-0.39, 0.29) is 11.9 Å². The number of H-pyrrole nitrogens is 1. The number of aromatic nitrogens is 5. The van der Waals surface area contributed by atoms with Crippen molar-refractivity contribution in [1.82, 2.24) is 24.9 Å². The lowest BCUT2D eigenvalue weighted by molar-refractivity contribution is 0.0990. The van der Waals surface area contributed by atoms with E-state index in [1.807, 2.05) is 55.5 Å². The van der Waals surface area contributed by atoms with Crippen LogP contribution in [0.3, 0.4) is 0 Å². The molecule has 0 bridgehead atoms. The molecule has 0 radical (unpaired) electrons. The molecule has 3 aromatic heterocycles. The van der Waals surface area contributed by atoms with Crippen LogP contribution in [0.5, 0.6) is 0 Å². The summed E-state index contributed by atoms with van der Waals surface area (Å²) in [5, 5.41) is 5.27. The maximum absolute atomic E-state index is 13.5. The number of nitrogens with one attached hydrogen (secondary N) is 2. The molecule has 0 unspecified atom stereocenters. The Balaban J connectivity index is 1.58. The minimum absolute atomic E-state index is 0.245. The molecule has 33 heavy (non-hydrogen) atoms. The van der Waals surface area contributed by atoms with Gasteiger partial charge >= 0.3 is 0 Å². The zero-order valence-corrected chi connectivity index (χ0v) is 18.7. The van der Waals surface area contributed by atoms with Crippen LogP contribution in [-0.4, -0.2) is 37.9 Å². The van der Waals surface area contributed by atoms with Gasteiger partial charge in [0.1, 0.15) is 17.5 Å². The Morgan fingerprint density at radius 2 is 1.91 bits per heavy atom. The molecule has 0 saturated heterocycles. The molecule has 0 aliphatic carbocycles. The Morgan fingerprint density at radius 1 is 1.09 bits per heavy atom. The maximum atomic E-state index is 13.5. The number of carbonyl (C=O) groups excluding carboxylic acids is 1. The summed E-state index contributed by atoms with van der Waals surface area (Å²) in [6.45, 7) is 1.95. The molecule has 9 heteroatoms. The molecular formula is C24H20ClN7O. The van der Waals surface area contributed by atoms with Gasteiger partial charge in [-0.3, -0.25) is 4.79 Å². The van der Waals surface area contributed by atoms with E-state index < -0.39 is 0 Å². The fraction of sp³-hybridized carbons (Fsp3) is 0.125. The minimum atomic E-state index is -0.267. The number of hydrogen-bond donors (Lipinski definition) is 2. The Hall–Kier alpha value is -4.04. The van der Waals surface area contributed by atoms with Gasteiger partial charge in [0, 0.05) is 18.1 Å². The summed E-state index contributed by atoms with van der Waals surface area (Å²) in [6, 6.07) is 16.6. The van der Waals surface area contributed by atoms with Crippen LogP contribution < -0.4 is 10.2 Å². The summed E-state index contributed by atoms with van der Waals surface area (Å²) in [7, 11) is 1.73. The highest BCUT2D eigenvalue weighted by atomic mass is 35.5. The summed E-state index contributed by atoms with van der Waals surface area (Å²) in [4.78, 5) is 35.6. The SMILES string of the molecule is C[C@H](Nc1ncnc2[nH]cnc12)c1cc2cccc(Cl)c2c(C(=O)N(C)c2ccccc2)n1. The molecule has 0 aliphatic rings. The molecular weight excluding hydrogens is 438 g/mol. The fourth-order valence-corrected chi connectivity index (χ4v) is 4.01. The first kappa shape index (κ1) is 20.8. The van der Waals surface area contributed by atoms with Crippen LogP contribution in [0.1, 0.15) is 29.1 Å². The lowest BCUT2D eigenvalue weighted by atomic mass is 10.0. The molecule has 0 saturated carbocycles. The van der Waals surface area contributed by atoms with Crippen molar-refractivity contribution >= 4 is 50.9 Å². The molecule has 1 amide bonds. The molecule has 8 nitrogen and oxygen atoms in total. The van der Waals surface area contributed by atoms with Gasteiger partial charge in [-0.1, -0.05) is 41.9 Å². The van der Waals surface area contributed by atoms with E-state index in [0.717, 1.165) is 11.1 Å². The Labute approximate surface area is 194 Å². The van der Waals surface area contributed by atoms with Crippen LogP contribution in [0, 0.1) is 0 Å². The quantitative estimate of drug-likeness (QED) is 0.385. The summed E-state index contributed by atoms with van der Waals surface area (Å²) in [5.74, 6) is 0.334. The van der Waals surface area contributed by atoms with Gasteiger partial charge in [0.2, 0.25) is 0 Å². The average Bonchev–Trinajstić information content (AvgIpc) is 3.33. The maximum Gasteiger partial charge on any atom is 0.277 e. The number of nitrogens with zero attached hydrogens (tertiary/aromatic N) is 5. The third kappa shape index (κ3) is 3.85. The van der Waals surface area contributed by atoms with Crippen LogP contribution in [0.15, 0.2) is 67.3 Å². The Morgan fingerprint density at radius 3 is 2.73 bits per heavy atom. The van der Waals surface area contributed by atoms with Crippen molar-refractivity contribution in [3.63, 3.8) is 0 Å². The predicted octanol–water partition coefficient (Wildman–Crippen LogP) is 5.00. The normalized spacial score (nSPS) is 12.1. The highest BCUT2D eigenvalue weighted by molar-refractivity contribution is 6.37. The van der Waals surface area contributed by atoms with E-state index >= 15 is 0 Å². The average molecular weight is 458 g/mol. The van der Waals surface area contributed by atoms with Crippen LogP contribution in [0.2, 0.25) is 5.02 Å². The number of aromatic amines is 1. The monoisotopic (exact) mass is 457 g/mol. The topological polar surface area (TPSA) is 99.7 Å². The molecule has 3 heterocycles. The second-order valence-electron chi connectivity index (χ2n) is 7.62. The number of fused-ring (bicyclic) bond motifs is 2. The van der Waals surface area contributed by atoms with Gasteiger partial charge in [-0.2, -0.15) is 0 Å². The highest BCUT2D eigenvalue weighted by Gasteiger charge is 2.22. The number of carbonyl (C=O) groups is 1. The molecule has 2 aromatic carbocycles. The lowest BCUT2D eigenvalue weighted by Gasteiger charge is -2.20. The second-order valence-corrected chi connectivity index (χ2v) is 8.03. The van der Waals surface area contributed by atoms with Gasteiger partial charge in [-0.05, 0) is 36.6 Å². The van der Waals surface area contributed by atoms with Gasteiger partial charge in [0.05, 0.1) is 23.1 Å².